The van der Waals surface area contributed by atoms with Crippen molar-refractivity contribution in [3.8, 4) is 0 Å². The van der Waals surface area contributed by atoms with Crippen LogP contribution >= 0.6 is 11.6 Å². The van der Waals surface area contributed by atoms with Gasteiger partial charge in [0.2, 0.25) is 5.91 Å². The molecular formula is C14H24ClNO. The maximum absolute atomic E-state index is 12.2. The first-order chi connectivity index (χ1) is 8.27. The van der Waals surface area contributed by atoms with Crippen LogP contribution in [0.15, 0.2) is 0 Å². The van der Waals surface area contributed by atoms with Gasteiger partial charge in [-0.3, -0.25) is 4.79 Å². The zero-order chi connectivity index (χ0) is 12.1. The van der Waals surface area contributed by atoms with Gasteiger partial charge in [-0.05, 0) is 25.7 Å². The summed E-state index contributed by atoms with van der Waals surface area (Å²) in [5.74, 6) is 0.521. The molecule has 2 rings (SSSR count). The standard InChI is InChI=1S/C14H24ClNO/c15-12-9-5-6-10-13(12)16-14(17)11-7-3-1-2-4-8-11/h11-13H,1-10H2,(H,16,17). The molecule has 0 aromatic heterocycles. The Balaban J connectivity index is 1.82. The molecule has 0 radical (unpaired) electrons. The van der Waals surface area contributed by atoms with E-state index in [1.807, 2.05) is 0 Å². The van der Waals surface area contributed by atoms with Crippen molar-refractivity contribution >= 4 is 17.5 Å². The summed E-state index contributed by atoms with van der Waals surface area (Å²) >= 11 is 6.28. The van der Waals surface area contributed by atoms with Gasteiger partial charge >= 0.3 is 0 Å². The van der Waals surface area contributed by atoms with Gasteiger partial charge in [-0.25, -0.2) is 0 Å². The van der Waals surface area contributed by atoms with Gasteiger partial charge in [0.15, 0.2) is 0 Å². The van der Waals surface area contributed by atoms with Gasteiger partial charge in [0, 0.05) is 12.0 Å². The number of carbonyl (C=O) groups excluding carboxylic acids is 1. The second kappa shape index (κ2) is 6.63. The van der Waals surface area contributed by atoms with E-state index in [9.17, 15) is 4.79 Å². The monoisotopic (exact) mass is 257 g/mol. The van der Waals surface area contributed by atoms with E-state index in [-0.39, 0.29) is 23.2 Å². The molecule has 98 valence electrons. The van der Waals surface area contributed by atoms with Gasteiger partial charge in [-0.1, -0.05) is 38.5 Å². The number of alkyl halides is 1. The van der Waals surface area contributed by atoms with Crippen LogP contribution < -0.4 is 5.32 Å². The van der Waals surface area contributed by atoms with Crippen molar-refractivity contribution in [1.29, 1.82) is 0 Å². The molecular weight excluding hydrogens is 234 g/mol. The maximum Gasteiger partial charge on any atom is 0.223 e. The predicted molar refractivity (Wildman–Crippen MR) is 71.2 cm³/mol. The summed E-state index contributed by atoms with van der Waals surface area (Å²) in [6.07, 6.45) is 11.7. The molecule has 17 heavy (non-hydrogen) atoms. The first-order valence-corrected chi connectivity index (χ1v) is 7.65. The summed E-state index contributed by atoms with van der Waals surface area (Å²) in [6, 6.07) is 0.223. The summed E-state index contributed by atoms with van der Waals surface area (Å²) in [6.45, 7) is 0. The maximum atomic E-state index is 12.2. The number of carbonyl (C=O) groups is 1. The van der Waals surface area contributed by atoms with Crippen LogP contribution in [-0.2, 0) is 4.79 Å². The van der Waals surface area contributed by atoms with Gasteiger partial charge in [-0.2, -0.15) is 0 Å². The van der Waals surface area contributed by atoms with Gasteiger partial charge < -0.3 is 5.32 Å². The summed E-state index contributed by atoms with van der Waals surface area (Å²) < 4.78 is 0. The molecule has 2 fully saturated rings. The fourth-order valence-electron chi connectivity index (χ4n) is 3.09. The predicted octanol–water partition coefficient (Wildman–Crippen LogP) is 3.62. The lowest BCUT2D eigenvalue weighted by molar-refractivity contribution is -0.126. The normalized spacial score (nSPS) is 31.8. The van der Waals surface area contributed by atoms with Crippen molar-refractivity contribution < 1.29 is 4.79 Å². The molecule has 0 saturated heterocycles. The lowest BCUT2D eigenvalue weighted by Gasteiger charge is -2.29. The average Bonchev–Trinajstić information content (AvgIpc) is 2.61. The average molecular weight is 258 g/mol. The molecule has 2 unspecified atom stereocenters. The van der Waals surface area contributed by atoms with Crippen LogP contribution in [0.3, 0.4) is 0 Å². The molecule has 1 amide bonds. The third kappa shape index (κ3) is 3.87. The lowest BCUT2D eigenvalue weighted by atomic mass is 9.93. The smallest absolute Gasteiger partial charge is 0.223 e. The Kier molecular flexibility index (Phi) is 5.15. The van der Waals surface area contributed by atoms with Crippen molar-refractivity contribution in [2.75, 3.05) is 0 Å². The van der Waals surface area contributed by atoms with Crippen LogP contribution in [0.25, 0.3) is 0 Å². The van der Waals surface area contributed by atoms with Crippen molar-refractivity contribution in [2.24, 2.45) is 5.92 Å². The Morgan fingerprint density at radius 3 is 2.12 bits per heavy atom. The fourth-order valence-corrected chi connectivity index (χ4v) is 3.43. The van der Waals surface area contributed by atoms with Gasteiger partial charge in [-0.15, -0.1) is 11.6 Å². The van der Waals surface area contributed by atoms with Gasteiger partial charge in [0.1, 0.15) is 0 Å². The number of nitrogens with one attached hydrogen (secondary N) is 1. The Hall–Kier alpha value is -0.240. The minimum atomic E-state index is 0.151. The highest BCUT2D eigenvalue weighted by Gasteiger charge is 2.27. The fraction of sp³-hybridized carbons (Fsp3) is 0.929. The Bertz CT molecular complexity index is 249. The molecule has 0 aromatic rings. The van der Waals surface area contributed by atoms with Gasteiger partial charge in [0.25, 0.3) is 0 Å². The van der Waals surface area contributed by atoms with E-state index >= 15 is 0 Å². The van der Waals surface area contributed by atoms with Crippen LogP contribution in [0.5, 0.6) is 0 Å². The molecule has 3 heteroatoms. The summed E-state index contributed by atoms with van der Waals surface area (Å²) in [5.41, 5.74) is 0. The van der Waals surface area contributed by atoms with E-state index in [2.05, 4.69) is 5.32 Å². The summed E-state index contributed by atoms with van der Waals surface area (Å²) in [4.78, 5) is 12.2. The number of hydrogen-bond acceptors (Lipinski definition) is 1. The minimum absolute atomic E-state index is 0.151. The Morgan fingerprint density at radius 1 is 0.882 bits per heavy atom. The number of halogens is 1. The van der Waals surface area contributed by atoms with E-state index in [0.717, 1.165) is 25.7 Å². The van der Waals surface area contributed by atoms with E-state index in [1.165, 1.54) is 38.5 Å². The zero-order valence-corrected chi connectivity index (χ0v) is 11.3. The highest BCUT2D eigenvalue weighted by Crippen LogP contribution is 2.26. The molecule has 2 aliphatic rings. The van der Waals surface area contributed by atoms with Crippen molar-refractivity contribution in [3.05, 3.63) is 0 Å². The SMILES string of the molecule is O=C(NC1CCCCC1Cl)C1CCCCCC1. The van der Waals surface area contributed by atoms with Crippen LogP contribution in [0.4, 0.5) is 0 Å². The van der Waals surface area contributed by atoms with Crippen LogP contribution in [0.2, 0.25) is 0 Å². The third-order valence-electron chi connectivity index (χ3n) is 4.24. The molecule has 0 aliphatic heterocycles. The summed E-state index contributed by atoms with van der Waals surface area (Å²) in [7, 11) is 0. The Morgan fingerprint density at radius 2 is 1.47 bits per heavy atom. The van der Waals surface area contributed by atoms with Gasteiger partial charge in [0.05, 0.1) is 5.38 Å². The quantitative estimate of drug-likeness (QED) is 0.594. The molecule has 1 N–H and O–H groups in total. The third-order valence-corrected chi connectivity index (χ3v) is 4.76. The largest absolute Gasteiger partial charge is 0.352 e. The second-order valence-corrected chi connectivity index (χ2v) is 6.16. The topological polar surface area (TPSA) is 29.1 Å². The lowest BCUT2D eigenvalue weighted by Crippen LogP contribution is -2.45. The van der Waals surface area contributed by atoms with E-state index in [4.69, 9.17) is 11.6 Å². The minimum Gasteiger partial charge on any atom is -0.352 e. The van der Waals surface area contributed by atoms with Crippen molar-refractivity contribution in [3.63, 3.8) is 0 Å². The summed E-state index contributed by atoms with van der Waals surface area (Å²) in [5, 5.41) is 3.35. The highest BCUT2D eigenvalue weighted by atomic mass is 35.5. The first-order valence-electron chi connectivity index (χ1n) is 7.22. The number of amides is 1. The van der Waals surface area contributed by atoms with E-state index in [1.54, 1.807) is 0 Å². The van der Waals surface area contributed by atoms with E-state index < -0.39 is 0 Å². The molecule has 0 spiro atoms. The molecule has 0 aromatic carbocycles. The Labute approximate surface area is 109 Å². The van der Waals surface area contributed by atoms with Crippen LogP contribution in [0.1, 0.15) is 64.2 Å². The molecule has 2 saturated carbocycles. The van der Waals surface area contributed by atoms with Crippen molar-refractivity contribution in [2.45, 2.75) is 75.6 Å². The van der Waals surface area contributed by atoms with Crippen LogP contribution in [0, 0.1) is 5.92 Å². The van der Waals surface area contributed by atoms with Crippen molar-refractivity contribution in [1.82, 2.24) is 5.32 Å². The number of hydrogen-bond donors (Lipinski definition) is 1. The zero-order valence-electron chi connectivity index (χ0n) is 10.6. The first kappa shape index (κ1) is 13.2. The molecule has 2 nitrogen and oxygen atoms in total. The van der Waals surface area contributed by atoms with E-state index in [0.29, 0.717) is 0 Å². The molecule has 2 aliphatic carbocycles. The number of rotatable bonds is 2. The molecule has 2 atom stereocenters. The molecule has 0 bridgehead atoms. The van der Waals surface area contributed by atoms with Crippen LogP contribution in [-0.4, -0.2) is 17.3 Å². The molecule has 0 heterocycles. The highest BCUT2D eigenvalue weighted by molar-refractivity contribution is 6.21. The second-order valence-electron chi connectivity index (χ2n) is 5.60.